The van der Waals surface area contributed by atoms with Gasteiger partial charge in [-0.15, -0.1) is 6.42 Å². The first-order valence-electron chi connectivity index (χ1n) is 4.28. The van der Waals surface area contributed by atoms with E-state index in [0.29, 0.717) is 11.8 Å². The van der Waals surface area contributed by atoms with Crippen LogP contribution in [-0.4, -0.2) is 10.7 Å². The molecule has 11 heavy (non-hydrogen) atoms. The van der Waals surface area contributed by atoms with Crippen LogP contribution in [0.25, 0.3) is 0 Å². The molecule has 1 aliphatic rings. The first-order valence-corrected chi connectivity index (χ1v) is 4.28. The van der Waals surface area contributed by atoms with Crippen LogP contribution in [-0.2, 0) is 0 Å². The monoisotopic (exact) mass is 152 g/mol. The molecule has 1 aliphatic carbocycles. The zero-order valence-corrected chi connectivity index (χ0v) is 7.30. The molecule has 0 aromatic carbocycles. The Morgan fingerprint density at radius 2 is 2.18 bits per heavy atom. The SMILES string of the molecule is C#CC(C)(O)C1CCCC1C. The van der Waals surface area contributed by atoms with Gasteiger partial charge in [-0.05, 0) is 19.3 Å². The lowest BCUT2D eigenvalue weighted by molar-refractivity contribution is 0.0405. The van der Waals surface area contributed by atoms with E-state index in [1.54, 1.807) is 6.92 Å². The first-order chi connectivity index (χ1) is 5.08. The molecule has 0 bridgehead atoms. The molecular formula is C10H16O. The highest BCUT2D eigenvalue weighted by Gasteiger charge is 2.36. The van der Waals surface area contributed by atoms with E-state index in [9.17, 15) is 5.11 Å². The highest BCUT2D eigenvalue weighted by molar-refractivity contribution is 5.09. The number of aliphatic hydroxyl groups is 1. The fraction of sp³-hybridized carbons (Fsp3) is 0.800. The van der Waals surface area contributed by atoms with Gasteiger partial charge in [-0.25, -0.2) is 0 Å². The molecule has 1 fully saturated rings. The summed E-state index contributed by atoms with van der Waals surface area (Å²) >= 11 is 0. The van der Waals surface area contributed by atoms with E-state index < -0.39 is 5.60 Å². The Labute approximate surface area is 68.8 Å². The maximum absolute atomic E-state index is 9.76. The summed E-state index contributed by atoms with van der Waals surface area (Å²) in [6.45, 7) is 3.92. The summed E-state index contributed by atoms with van der Waals surface area (Å²) in [6.07, 6.45) is 8.75. The average molecular weight is 152 g/mol. The van der Waals surface area contributed by atoms with Gasteiger partial charge in [0.25, 0.3) is 0 Å². The topological polar surface area (TPSA) is 20.2 Å². The van der Waals surface area contributed by atoms with Crippen molar-refractivity contribution in [3.8, 4) is 12.3 Å². The van der Waals surface area contributed by atoms with Crippen molar-refractivity contribution in [2.45, 2.75) is 38.7 Å². The van der Waals surface area contributed by atoms with Gasteiger partial charge in [0.1, 0.15) is 5.60 Å². The third kappa shape index (κ3) is 1.57. The van der Waals surface area contributed by atoms with Gasteiger partial charge in [0.05, 0.1) is 0 Å². The fourth-order valence-corrected chi connectivity index (χ4v) is 2.09. The summed E-state index contributed by atoms with van der Waals surface area (Å²) in [6, 6.07) is 0. The van der Waals surface area contributed by atoms with E-state index in [0.717, 1.165) is 6.42 Å². The number of hydrogen-bond donors (Lipinski definition) is 1. The number of rotatable bonds is 1. The fourth-order valence-electron chi connectivity index (χ4n) is 2.09. The van der Waals surface area contributed by atoms with Crippen LogP contribution in [0, 0.1) is 24.2 Å². The molecule has 0 radical (unpaired) electrons. The predicted octanol–water partition coefficient (Wildman–Crippen LogP) is 1.81. The van der Waals surface area contributed by atoms with Crippen molar-refractivity contribution in [1.29, 1.82) is 0 Å². The van der Waals surface area contributed by atoms with Crippen molar-refractivity contribution in [1.82, 2.24) is 0 Å². The van der Waals surface area contributed by atoms with Gasteiger partial charge in [-0.2, -0.15) is 0 Å². The Morgan fingerprint density at radius 3 is 2.55 bits per heavy atom. The van der Waals surface area contributed by atoms with Gasteiger partial charge in [-0.3, -0.25) is 0 Å². The highest BCUT2D eigenvalue weighted by atomic mass is 16.3. The maximum Gasteiger partial charge on any atom is 0.125 e. The predicted molar refractivity (Wildman–Crippen MR) is 46.0 cm³/mol. The summed E-state index contributed by atoms with van der Waals surface area (Å²) in [4.78, 5) is 0. The molecule has 1 heteroatoms. The van der Waals surface area contributed by atoms with Crippen LogP contribution in [0.3, 0.4) is 0 Å². The minimum absolute atomic E-state index is 0.312. The van der Waals surface area contributed by atoms with Gasteiger partial charge >= 0.3 is 0 Å². The van der Waals surface area contributed by atoms with Crippen LogP contribution >= 0.6 is 0 Å². The van der Waals surface area contributed by atoms with Crippen LogP contribution in [0.5, 0.6) is 0 Å². The van der Waals surface area contributed by atoms with Gasteiger partial charge in [0.15, 0.2) is 0 Å². The Bertz CT molecular complexity index is 176. The first kappa shape index (κ1) is 8.62. The molecule has 1 rings (SSSR count). The molecule has 1 saturated carbocycles. The third-order valence-corrected chi connectivity index (χ3v) is 2.88. The summed E-state index contributed by atoms with van der Waals surface area (Å²) in [5.74, 6) is 3.37. The second-order valence-electron chi connectivity index (χ2n) is 3.81. The highest BCUT2D eigenvalue weighted by Crippen LogP contribution is 2.38. The Balaban J connectivity index is 2.68. The number of terminal acetylenes is 1. The lowest BCUT2D eigenvalue weighted by Gasteiger charge is -2.27. The van der Waals surface area contributed by atoms with Crippen LogP contribution in [0.1, 0.15) is 33.1 Å². The van der Waals surface area contributed by atoms with E-state index in [2.05, 4.69) is 12.8 Å². The minimum Gasteiger partial charge on any atom is -0.378 e. The third-order valence-electron chi connectivity index (χ3n) is 2.88. The molecule has 0 aromatic heterocycles. The molecule has 0 heterocycles. The quantitative estimate of drug-likeness (QED) is 0.568. The van der Waals surface area contributed by atoms with Crippen LogP contribution in [0.2, 0.25) is 0 Å². The molecule has 0 aromatic rings. The van der Waals surface area contributed by atoms with Gasteiger partial charge in [-0.1, -0.05) is 25.7 Å². The molecule has 3 atom stereocenters. The molecule has 0 saturated heterocycles. The number of hydrogen-bond acceptors (Lipinski definition) is 1. The zero-order chi connectivity index (χ0) is 8.48. The largest absolute Gasteiger partial charge is 0.378 e. The summed E-state index contributed by atoms with van der Waals surface area (Å²) in [5.41, 5.74) is -0.879. The van der Waals surface area contributed by atoms with Crippen molar-refractivity contribution in [2.75, 3.05) is 0 Å². The maximum atomic E-state index is 9.76. The minimum atomic E-state index is -0.879. The van der Waals surface area contributed by atoms with E-state index in [1.165, 1.54) is 12.8 Å². The molecule has 1 nitrogen and oxygen atoms in total. The van der Waals surface area contributed by atoms with Gasteiger partial charge in [0.2, 0.25) is 0 Å². The second-order valence-corrected chi connectivity index (χ2v) is 3.81. The van der Waals surface area contributed by atoms with E-state index in [4.69, 9.17) is 6.42 Å². The summed E-state index contributed by atoms with van der Waals surface area (Å²) in [7, 11) is 0. The lowest BCUT2D eigenvalue weighted by atomic mass is 9.83. The van der Waals surface area contributed by atoms with Crippen LogP contribution in [0.15, 0.2) is 0 Å². The van der Waals surface area contributed by atoms with Crippen molar-refractivity contribution in [3.63, 3.8) is 0 Å². The zero-order valence-electron chi connectivity index (χ0n) is 7.30. The molecule has 1 N–H and O–H groups in total. The lowest BCUT2D eigenvalue weighted by Crippen LogP contribution is -2.34. The Kier molecular flexibility index (Phi) is 2.25. The molecule has 62 valence electrons. The van der Waals surface area contributed by atoms with Crippen molar-refractivity contribution in [2.24, 2.45) is 11.8 Å². The van der Waals surface area contributed by atoms with Crippen molar-refractivity contribution < 1.29 is 5.11 Å². The molecule has 0 aliphatic heterocycles. The van der Waals surface area contributed by atoms with Crippen molar-refractivity contribution in [3.05, 3.63) is 0 Å². The summed E-state index contributed by atoms with van der Waals surface area (Å²) < 4.78 is 0. The van der Waals surface area contributed by atoms with E-state index in [1.807, 2.05) is 0 Å². The van der Waals surface area contributed by atoms with Gasteiger partial charge in [0, 0.05) is 5.92 Å². The summed E-state index contributed by atoms with van der Waals surface area (Å²) in [5, 5.41) is 9.76. The van der Waals surface area contributed by atoms with Crippen molar-refractivity contribution >= 4 is 0 Å². The Morgan fingerprint density at radius 1 is 1.55 bits per heavy atom. The molecular weight excluding hydrogens is 136 g/mol. The van der Waals surface area contributed by atoms with E-state index >= 15 is 0 Å². The second kappa shape index (κ2) is 2.87. The van der Waals surface area contributed by atoms with Crippen LogP contribution in [0.4, 0.5) is 0 Å². The molecule has 0 amide bonds. The molecule has 0 spiro atoms. The van der Waals surface area contributed by atoms with Crippen LogP contribution < -0.4 is 0 Å². The normalized spacial score (nSPS) is 36.2. The van der Waals surface area contributed by atoms with Gasteiger partial charge < -0.3 is 5.11 Å². The molecule has 3 unspecified atom stereocenters. The Hall–Kier alpha value is -0.480. The smallest absolute Gasteiger partial charge is 0.125 e. The average Bonchev–Trinajstić information content (AvgIpc) is 2.36. The van der Waals surface area contributed by atoms with E-state index in [-0.39, 0.29) is 0 Å². The standard InChI is InChI=1S/C10H16O/c1-4-10(3,11)9-7-5-6-8(9)2/h1,8-9,11H,5-7H2,2-3H3.